The molecule has 0 bridgehead atoms. The number of aliphatic hydroxyl groups excluding tert-OH is 2. The monoisotopic (exact) mass is 554 g/mol. The van der Waals surface area contributed by atoms with Gasteiger partial charge in [0.25, 0.3) is 0 Å². The Morgan fingerprint density at radius 3 is 2.62 bits per heavy atom. The normalized spacial score (nSPS) is 22.8. The first-order valence-electron chi connectivity index (χ1n) is 11.2. The Labute approximate surface area is 216 Å². The summed E-state index contributed by atoms with van der Waals surface area (Å²) in [5.41, 5.74) is 9.28. The largest absolute Gasteiger partial charge is 0.387 e. The SMILES string of the molecule is C[S+](CCCc1c[nH]c2ccccc12)C[C@H]1O[C@@H](n2cnc3c(N)ncnc32)[C@H](O)[C@@H]1O.[O-][Cl+3]([O-])([O-])[O-]. The van der Waals surface area contributed by atoms with Crippen LogP contribution < -0.4 is 24.4 Å². The molecule has 1 aliphatic heterocycles. The minimum atomic E-state index is -4.94. The number of nitrogens with one attached hydrogen (secondary N) is 1. The molecule has 5 N–H and O–H groups in total. The number of hydrogen-bond donors (Lipinski definition) is 4. The van der Waals surface area contributed by atoms with Crippen LogP contribution in [0.5, 0.6) is 0 Å². The van der Waals surface area contributed by atoms with Gasteiger partial charge in [0, 0.05) is 17.1 Å². The van der Waals surface area contributed by atoms with Crippen molar-refractivity contribution in [2.24, 2.45) is 0 Å². The lowest BCUT2D eigenvalue weighted by Gasteiger charge is -2.17. The van der Waals surface area contributed by atoms with Gasteiger partial charge in [-0.2, -0.15) is 0 Å². The number of anilines is 1. The maximum atomic E-state index is 10.6. The van der Waals surface area contributed by atoms with Crippen LogP contribution in [0, 0.1) is 10.2 Å². The predicted octanol–water partition coefficient (Wildman–Crippen LogP) is -3.37. The first-order valence-corrected chi connectivity index (χ1v) is 14.4. The molecule has 4 heterocycles. The Hall–Kier alpha value is -2.53. The number of nitrogens with zero attached hydrogens (tertiary/aromatic N) is 4. The number of aromatic amines is 1. The van der Waals surface area contributed by atoms with E-state index in [1.165, 1.54) is 29.1 Å². The van der Waals surface area contributed by atoms with Crippen LogP contribution >= 0.6 is 0 Å². The highest BCUT2D eigenvalue weighted by molar-refractivity contribution is 7.96. The van der Waals surface area contributed by atoms with Crippen molar-refractivity contribution in [2.75, 3.05) is 23.5 Å². The number of fused-ring (bicyclic) bond motifs is 2. The molecule has 0 saturated carbocycles. The maximum Gasteiger partial charge on any atom is 0.167 e. The fourth-order valence-corrected chi connectivity index (χ4v) is 6.00. The van der Waals surface area contributed by atoms with Crippen molar-refractivity contribution < 1.29 is 43.8 Å². The van der Waals surface area contributed by atoms with Crippen molar-refractivity contribution in [3.63, 3.8) is 0 Å². The Bertz CT molecular complexity index is 1330. The van der Waals surface area contributed by atoms with E-state index in [1.807, 2.05) is 6.07 Å². The van der Waals surface area contributed by atoms with Gasteiger partial charge in [0.15, 0.2) is 17.7 Å². The third-order valence-corrected chi connectivity index (χ3v) is 7.94. The lowest BCUT2D eigenvalue weighted by molar-refractivity contribution is -2.00. The molecule has 5 atom stereocenters. The number of ether oxygens (including phenoxy) is 1. The number of aryl methyl sites for hydroxylation is 1. The third kappa shape index (κ3) is 6.67. The number of aliphatic hydroxyl groups is 2. The van der Waals surface area contributed by atoms with Gasteiger partial charge in [-0.1, -0.05) is 18.2 Å². The van der Waals surface area contributed by atoms with Crippen LogP contribution in [0.3, 0.4) is 0 Å². The Balaban J connectivity index is 0.000000586. The number of nitrogens with two attached hydrogens (primary N) is 1. The fourth-order valence-electron chi connectivity index (χ4n) is 4.36. The highest BCUT2D eigenvalue weighted by Crippen LogP contribution is 2.32. The number of imidazole rings is 1. The average molecular weight is 555 g/mol. The highest BCUT2D eigenvalue weighted by Gasteiger charge is 2.46. The van der Waals surface area contributed by atoms with E-state index >= 15 is 0 Å². The molecule has 5 rings (SSSR count). The molecule has 1 aliphatic rings. The first-order chi connectivity index (χ1) is 17.5. The number of benzene rings is 1. The number of aromatic nitrogens is 5. The topological polar surface area (TPSA) is 227 Å². The summed E-state index contributed by atoms with van der Waals surface area (Å²) < 4.78 is 41.7. The molecule has 1 saturated heterocycles. The lowest BCUT2D eigenvalue weighted by atomic mass is 10.1. The maximum absolute atomic E-state index is 10.6. The van der Waals surface area contributed by atoms with Gasteiger partial charge in [0.2, 0.25) is 0 Å². The molecule has 13 nitrogen and oxygen atoms in total. The van der Waals surface area contributed by atoms with Crippen molar-refractivity contribution >= 4 is 38.8 Å². The quantitative estimate of drug-likeness (QED) is 0.165. The summed E-state index contributed by atoms with van der Waals surface area (Å²) in [6.07, 6.45) is 5.94. The third-order valence-electron chi connectivity index (χ3n) is 6.06. The Morgan fingerprint density at radius 1 is 1.14 bits per heavy atom. The number of nitrogen functional groups attached to an aromatic ring is 1. The molecular weight excluding hydrogens is 528 g/mol. The summed E-state index contributed by atoms with van der Waals surface area (Å²) in [5, 5.41) is 22.6. The summed E-state index contributed by atoms with van der Waals surface area (Å²) in [7, 11) is -4.90. The number of rotatable bonds is 7. The van der Waals surface area contributed by atoms with Crippen LogP contribution in [0.15, 0.2) is 43.1 Å². The second kappa shape index (κ2) is 11.5. The lowest BCUT2D eigenvalue weighted by Crippen LogP contribution is -2.68. The van der Waals surface area contributed by atoms with Gasteiger partial charge in [-0.15, -0.1) is 10.2 Å². The minimum absolute atomic E-state index is 0.0399. The smallest absolute Gasteiger partial charge is 0.167 e. The average Bonchev–Trinajstić information content (AvgIpc) is 3.51. The van der Waals surface area contributed by atoms with Crippen LogP contribution in [0.1, 0.15) is 18.2 Å². The van der Waals surface area contributed by atoms with Crippen LogP contribution in [-0.4, -0.2) is 70.8 Å². The van der Waals surface area contributed by atoms with Crippen molar-refractivity contribution in [3.8, 4) is 0 Å². The number of H-pyrrole nitrogens is 1. The van der Waals surface area contributed by atoms with Crippen LogP contribution in [0.25, 0.3) is 22.1 Å². The molecule has 3 aromatic heterocycles. The Kier molecular flexibility index (Phi) is 8.52. The van der Waals surface area contributed by atoms with Crippen LogP contribution in [0.2, 0.25) is 0 Å². The summed E-state index contributed by atoms with van der Waals surface area (Å²) in [4.78, 5) is 15.7. The van der Waals surface area contributed by atoms with Gasteiger partial charge in [0.1, 0.15) is 41.7 Å². The molecule has 200 valence electrons. The molecule has 0 spiro atoms. The van der Waals surface area contributed by atoms with Crippen molar-refractivity contribution in [3.05, 3.63) is 48.7 Å². The summed E-state index contributed by atoms with van der Waals surface area (Å²) >= 11 is 0. The summed E-state index contributed by atoms with van der Waals surface area (Å²) in [6, 6.07) is 8.34. The van der Waals surface area contributed by atoms with E-state index in [0.717, 1.165) is 18.6 Å². The van der Waals surface area contributed by atoms with Gasteiger partial charge >= 0.3 is 0 Å². The fraction of sp³-hybridized carbons (Fsp3) is 0.409. The van der Waals surface area contributed by atoms with E-state index in [1.54, 1.807) is 4.57 Å². The van der Waals surface area contributed by atoms with E-state index in [2.05, 4.69) is 50.6 Å². The molecule has 0 aliphatic carbocycles. The van der Waals surface area contributed by atoms with Gasteiger partial charge in [-0.25, -0.2) is 33.6 Å². The van der Waals surface area contributed by atoms with Crippen molar-refractivity contribution in [2.45, 2.75) is 37.4 Å². The first kappa shape index (κ1) is 27.5. The molecule has 1 unspecified atom stereocenters. The van der Waals surface area contributed by atoms with E-state index in [4.69, 9.17) is 29.1 Å². The molecule has 15 heteroatoms. The molecule has 0 radical (unpaired) electrons. The molecule has 0 amide bonds. The number of para-hydroxylation sites is 1. The molecule has 1 aromatic carbocycles. The van der Waals surface area contributed by atoms with E-state index in [9.17, 15) is 10.2 Å². The zero-order chi connectivity index (χ0) is 26.7. The Morgan fingerprint density at radius 2 is 1.86 bits per heavy atom. The van der Waals surface area contributed by atoms with E-state index in [0.29, 0.717) is 16.9 Å². The highest BCUT2D eigenvalue weighted by atomic mass is 35.7. The second-order valence-corrected chi connectivity index (χ2v) is 11.7. The predicted molar refractivity (Wildman–Crippen MR) is 125 cm³/mol. The molecule has 4 aromatic rings. The number of hydrogen-bond acceptors (Lipinski definition) is 11. The second-order valence-electron chi connectivity index (χ2n) is 8.62. The molecular formula is C22H27ClN6O7S. The van der Waals surface area contributed by atoms with Crippen molar-refractivity contribution in [1.82, 2.24) is 24.5 Å². The molecule has 37 heavy (non-hydrogen) atoms. The zero-order valence-corrected chi connectivity index (χ0v) is 21.3. The summed E-state index contributed by atoms with van der Waals surface area (Å²) in [6.45, 7) is 0. The van der Waals surface area contributed by atoms with Gasteiger partial charge in [-0.05, 0) is 35.4 Å². The standard InChI is InChI=1S/C22H27N6O3S.ClHO4/c1-32(8-4-5-13-9-24-15-7-3-2-6-14(13)15)10-16-18(29)19(30)22(31-16)28-12-27-17-20(23)25-11-26-21(17)28;2-1(3,4)5/h2-3,6-7,9,11-12,16,18-19,22,24,29-30H,4-5,8,10H2,1H3,(H2,23,25,26);(H,2,3,4,5)/q+1;/p-1/t16-,18-,19-,22-,32?;/m1./s1. The minimum Gasteiger partial charge on any atom is -0.387 e. The van der Waals surface area contributed by atoms with Gasteiger partial charge in [-0.3, -0.25) is 4.57 Å². The van der Waals surface area contributed by atoms with E-state index < -0.39 is 34.8 Å². The zero-order valence-electron chi connectivity index (χ0n) is 19.8. The van der Waals surface area contributed by atoms with Crippen LogP contribution in [-0.2, 0) is 22.1 Å². The number of halogens is 1. The molecule has 1 fully saturated rings. The van der Waals surface area contributed by atoms with Crippen molar-refractivity contribution in [1.29, 1.82) is 0 Å². The van der Waals surface area contributed by atoms with E-state index in [-0.39, 0.29) is 16.7 Å². The summed E-state index contributed by atoms with van der Waals surface area (Å²) in [5.74, 6) is 1.99. The van der Waals surface area contributed by atoms with Gasteiger partial charge < -0.3 is 25.7 Å². The van der Waals surface area contributed by atoms with Gasteiger partial charge in [0.05, 0.1) is 12.6 Å². The van der Waals surface area contributed by atoms with Crippen LogP contribution in [0.4, 0.5) is 5.82 Å².